The Morgan fingerprint density at radius 2 is 1.92 bits per heavy atom. The van der Waals surface area contributed by atoms with E-state index in [0.717, 1.165) is 38.8 Å². The lowest BCUT2D eigenvalue weighted by Gasteiger charge is -2.27. The number of benzene rings is 1. The number of methoxy groups -OCH3 is 1. The van der Waals surface area contributed by atoms with Crippen molar-refractivity contribution in [1.29, 1.82) is 0 Å². The fourth-order valence-electron chi connectivity index (χ4n) is 3.96. The van der Waals surface area contributed by atoms with Crippen LogP contribution in [0.2, 0.25) is 0 Å². The van der Waals surface area contributed by atoms with E-state index < -0.39 is 0 Å². The summed E-state index contributed by atoms with van der Waals surface area (Å²) < 4.78 is 5.23. The molecular formula is C20H30N2O2. The van der Waals surface area contributed by atoms with Gasteiger partial charge in [-0.15, -0.1) is 0 Å². The molecule has 132 valence electrons. The average molecular weight is 330 g/mol. The van der Waals surface area contributed by atoms with Crippen LogP contribution in [0.5, 0.6) is 0 Å². The van der Waals surface area contributed by atoms with Gasteiger partial charge in [-0.1, -0.05) is 31.2 Å². The fourth-order valence-corrected chi connectivity index (χ4v) is 3.96. The van der Waals surface area contributed by atoms with Crippen molar-refractivity contribution in [2.75, 3.05) is 33.4 Å². The van der Waals surface area contributed by atoms with Crippen molar-refractivity contribution in [3.8, 4) is 0 Å². The molecule has 1 atom stereocenters. The molecule has 1 aromatic carbocycles. The van der Waals surface area contributed by atoms with Gasteiger partial charge >= 0.3 is 0 Å². The average Bonchev–Trinajstić information content (AvgIpc) is 3.32. The Bertz CT molecular complexity index is 549. The molecule has 1 spiro atoms. The Morgan fingerprint density at radius 3 is 2.54 bits per heavy atom. The highest BCUT2D eigenvalue weighted by Crippen LogP contribution is 2.59. The van der Waals surface area contributed by atoms with Gasteiger partial charge in [0, 0.05) is 26.1 Å². The van der Waals surface area contributed by atoms with Crippen molar-refractivity contribution in [2.24, 2.45) is 11.3 Å². The molecule has 4 nitrogen and oxygen atoms in total. The van der Waals surface area contributed by atoms with Crippen molar-refractivity contribution in [2.45, 2.75) is 39.2 Å². The Hall–Kier alpha value is -1.39. The molecule has 1 aliphatic heterocycles. The van der Waals surface area contributed by atoms with Gasteiger partial charge in [-0.25, -0.2) is 0 Å². The molecule has 0 aromatic heterocycles. The third-order valence-corrected chi connectivity index (χ3v) is 5.77. The van der Waals surface area contributed by atoms with Gasteiger partial charge < -0.3 is 15.0 Å². The number of hydrogen-bond donors (Lipinski definition) is 1. The van der Waals surface area contributed by atoms with Gasteiger partial charge in [0.25, 0.3) is 0 Å². The lowest BCUT2D eigenvalue weighted by atomic mass is 9.91. The summed E-state index contributed by atoms with van der Waals surface area (Å²) in [6.07, 6.45) is 4.41. The van der Waals surface area contributed by atoms with E-state index in [9.17, 15) is 4.79 Å². The molecule has 3 rings (SSSR count). The number of amides is 1. The van der Waals surface area contributed by atoms with E-state index in [0.29, 0.717) is 31.0 Å². The second-order valence-corrected chi connectivity index (χ2v) is 7.29. The first-order valence-corrected chi connectivity index (χ1v) is 9.25. The van der Waals surface area contributed by atoms with E-state index >= 15 is 0 Å². The van der Waals surface area contributed by atoms with Crippen LogP contribution in [0.3, 0.4) is 0 Å². The quantitative estimate of drug-likeness (QED) is 0.835. The lowest BCUT2D eigenvalue weighted by molar-refractivity contribution is -0.135. The van der Waals surface area contributed by atoms with Crippen LogP contribution in [0.4, 0.5) is 0 Å². The molecule has 1 saturated heterocycles. The molecule has 1 amide bonds. The largest absolute Gasteiger partial charge is 0.383 e. The first-order chi connectivity index (χ1) is 11.7. The van der Waals surface area contributed by atoms with Gasteiger partial charge in [0.2, 0.25) is 5.91 Å². The molecule has 0 bridgehead atoms. The van der Waals surface area contributed by atoms with E-state index in [1.807, 2.05) is 4.90 Å². The van der Waals surface area contributed by atoms with Crippen LogP contribution >= 0.6 is 0 Å². The van der Waals surface area contributed by atoms with Gasteiger partial charge in [-0.2, -0.15) is 0 Å². The van der Waals surface area contributed by atoms with Crippen molar-refractivity contribution in [3.63, 3.8) is 0 Å². The zero-order valence-electron chi connectivity index (χ0n) is 15.0. The Morgan fingerprint density at radius 1 is 1.25 bits per heavy atom. The molecule has 4 heteroatoms. The predicted molar refractivity (Wildman–Crippen MR) is 95.8 cm³/mol. The second kappa shape index (κ2) is 7.66. The summed E-state index contributed by atoms with van der Waals surface area (Å²) in [5.74, 6) is 0.555. The SMILES string of the molecule is CCc1ccc(CN(CCOC)C(=O)C2CC23CCNCC3)cc1. The first-order valence-electron chi connectivity index (χ1n) is 9.25. The number of ether oxygens (including phenoxy) is 1. The molecular weight excluding hydrogens is 300 g/mol. The van der Waals surface area contributed by atoms with E-state index in [1.165, 1.54) is 11.1 Å². The highest BCUT2D eigenvalue weighted by molar-refractivity contribution is 5.82. The molecule has 1 aromatic rings. The number of carbonyl (C=O) groups excluding carboxylic acids is 1. The van der Waals surface area contributed by atoms with Crippen LogP contribution in [0.1, 0.15) is 37.3 Å². The third-order valence-electron chi connectivity index (χ3n) is 5.77. The standard InChI is InChI=1S/C20H30N2O2/c1-3-16-4-6-17(7-5-16)15-22(12-13-24-2)19(23)18-14-20(18)8-10-21-11-9-20/h4-7,18,21H,3,8-15H2,1-2H3. The molecule has 1 unspecified atom stereocenters. The van der Waals surface area contributed by atoms with Crippen molar-refractivity contribution >= 4 is 5.91 Å². The number of nitrogens with one attached hydrogen (secondary N) is 1. The zero-order chi connectivity index (χ0) is 17.0. The minimum absolute atomic E-state index is 0.228. The van der Waals surface area contributed by atoms with E-state index in [1.54, 1.807) is 7.11 Å². The van der Waals surface area contributed by atoms with Crippen LogP contribution in [0.15, 0.2) is 24.3 Å². The lowest BCUT2D eigenvalue weighted by Crippen LogP contribution is -2.37. The molecule has 1 N–H and O–H groups in total. The summed E-state index contributed by atoms with van der Waals surface area (Å²) in [6.45, 7) is 6.24. The molecule has 2 fully saturated rings. The Labute approximate surface area is 145 Å². The van der Waals surface area contributed by atoms with Crippen LogP contribution < -0.4 is 5.32 Å². The van der Waals surface area contributed by atoms with E-state index in [-0.39, 0.29) is 5.92 Å². The summed E-state index contributed by atoms with van der Waals surface area (Å²) in [5.41, 5.74) is 2.83. The second-order valence-electron chi connectivity index (χ2n) is 7.29. The normalized spacial score (nSPS) is 21.7. The van der Waals surface area contributed by atoms with Gasteiger partial charge in [-0.3, -0.25) is 4.79 Å². The van der Waals surface area contributed by atoms with Gasteiger partial charge in [0.05, 0.1) is 6.61 Å². The number of nitrogens with zero attached hydrogens (tertiary/aromatic N) is 1. The smallest absolute Gasteiger partial charge is 0.226 e. The summed E-state index contributed by atoms with van der Waals surface area (Å²) in [7, 11) is 1.70. The zero-order valence-corrected chi connectivity index (χ0v) is 15.0. The van der Waals surface area contributed by atoms with Crippen molar-refractivity contribution < 1.29 is 9.53 Å². The topological polar surface area (TPSA) is 41.6 Å². The summed E-state index contributed by atoms with van der Waals surface area (Å²) in [4.78, 5) is 15.1. The van der Waals surface area contributed by atoms with Crippen molar-refractivity contribution in [1.82, 2.24) is 10.2 Å². The van der Waals surface area contributed by atoms with E-state index in [4.69, 9.17) is 4.74 Å². The highest BCUT2D eigenvalue weighted by atomic mass is 16.5. The summed E-state index contributed by atoms with van der Waals surface area (Å²) in [6, 6.07) is 8.64. The van der Waals surface area contributed by atoms with Crippen LogP contribution in [-0.2, 0) is 22.5 Å². The van der Waals surface area contributed by atoms with E-state index in [2.05, 4.69) is 36.5 Å². The molecule has 1 heterocycles. The Kier molecular flexibility index (Phi) is 5.57. The van der Waals surface area contributed by atoms with Gasteiger partial charge in [0.1, 0.15) is 0 Å². The number of aryl methyl sites for hydroxylation is 1. The summed E-state index contributed by atoms with van der Waals surface area (Å²) >= 11 is 0. The monoisotopic (exact) mass is 330 g/mol. The molecule has 2 aliphatic rings. The number of carbonyl (C=O) groups is 1. The maximum absolute atomic E-state index is 13.1. The van der Waals surface area contributed by atoms with Crippen LogP contribution in [0.25, 0.3) is 0 Å². The van der Waals surface area contributed by atoms with Crippen LogP contribution in [-0.4, -0.2) is 44.2 Å². The third kappa shape index (κ3) is 3.81. The van der Waals surface area contributed by atoms with Crippen LogP contribution in [0, 0.1) is 11.3 Å². The maximum atomic E-state index is 13.1. The predicted octanol–water partition coefficient (Wildman–Crippen LogP) is 2.61. The Balaban J connectivity index is 1.65. The van der Waals surface area contributed by atoms with Gasteiger partial charge in [-0.05, 0) is 55.3 Å². The fraction of sp³-hybridized carbons (Fsp3) is 0.650. The van der Waals surface area contributed by atoms with Crippen molar-refractivity contribution in [3.05, 3.63) is 35.4 Å². The molecule has 1 saturated carbocycles. The number of rotatable bonds is 7. The molecule has 1 aliphatic carbocycles. The maximum Gasteiger partial charge on any atom is 0.226 e. The minimum Gasteiger partial charge on any atom is -0.383 e. The minimum atomic E-state index is 0.228. The summed E-state index contributed by atoms with van der Waals surface area (Å²) in [5, 5.41) is 3.41. The molecule has 0 radical (unpaired) electrons. The number of piperidine rings is 1. The number of hydrogen-bond acceptors (Lipinski definition) is 3. The highest BCUT2D eigenvalue weighted by Gasteiger charge is 2.58. The molecule has 24 heavy (non-hydrogen) atoms. The van der Waals surface area contributed by atoms with Gasteiger partial charge in [0.15, 0.2) is 0 Å². The first kappa shape index (κ1) is 17.4.